The third kappa shape index (κ3) is 2.87. The van der Waals surface area contributed by atoms with Gasteiger partial charge in [0.2, 0.25) is 0 Å². The molecule has 0 atom stereocenters. The molecular weight excluding hydrogens is 340 g/mol. The van der Waals surface area contributed by atoms with Crippen molar-refractivity contribution >= 4 is 39.9 Å². The molecule has 122 valence electrons. The van der Waals surface area contributed by atoms with Crippen LogP contribution in [0.5, 0.6) is 0 Å². The zero-order valence-electron chi connectivity index (χ0n) is 13.0. The molecule has 1 aromatic heterocycles. The molecule has 0 N–H and O–H groups in total. The second kappa shape index (κ2) is 6.45. The van der Waals surface area contributed by atoms with E-state index in [1.165, 1.54) is 23.0 Å². The summed E-state index contributed by atoms with van der Waals surface area (Å²) >= 11 is 6.74. The second-order valence-electron chi connectivity index (χ2n) is 5.76. The van der Waals surface area contributed by atoms with Gasteiger partial charge < -0.3 is 9.32 Å². The largest absolute Gasteiger partial charge is 0.467 e. The second-order valence-corrected chi connectivity index (χ2v) is 7.43. The van der Waals surface area contributed by atoms with Gasteiger partial charge in [0.25, 0.3) is 5.91 Å². The Morgan fingerprint density at radius 1 is 1.25 bits per heavy atom. The number of fused-ring (bicyclic) bond motifs is 1. The molecule has 1 fully saturated rings. The van der Waals surface area contributed by atoms with Crippen LogP contribution in [0.4, 0.5) is 5.69 Å². The van der Waals surface area contributed by atoms with E-state index in [1.54, 1.807) is 11.2 Å². The number of rotatable bonds is 3. The number of nitrogens with zero attached hydrogens (tertiary/aromatic N) is 2. The number of carbonyl (C=O) groups excluding carboxylic acids is 1. The Morgan fingerprint density at radius 3 is 2.96 bits per heavy atom. The smallest absolute Gasteiger partial charge is 0.268 e. The summed E-state index contributed by atoms with van der Waals surface area (Å²) in [4.78, 5) is 17.1. The van der Waals surface area contributed by atoms with Crippen LogP contribution in [0.1, 0.15) is 17.7 Å². The Kier molecular flexibility index (Phi) is 4.16. The van der Waals surface area contributed by atoms with E-state index in [-0.39, 0.29) is 5.91 Å². The molecule has 2 aromatic rings. The topological polar surface area (TPSA) is 36.7 Å². The first-order chi connectivity index (χ1) is 11.7. The van der Waals surface area contributed by atoms with Gasteiger partial charge in [-0.25, -0.2) is 0 Å². The van der Waals surface area contributed by atoms with Crippen molar-refractivity contribution in [3.05, 3.63) is 65.1 Å². The van der Waals surface area contributed by atoms with Crippen LogP contribution in [0.25, 0.3) is 0 Å². The fraction of sp³-hybridized carbons (Fsp3) is 0.222. The van der Waals surface area contributed by atoms with Gasteiger partial charge in [-0.3, -0.25) is 9.69 Å². The maximum atomic E-state index is 12.7. The zero-order valence-corrected chi connectivity index (χ0v) is 14.6. The molecule has 0 spiro atoms. The minimum atomic E-state index is -0.0514. The molecule has 0 unspecified atom stereocenters. The van der Waals surface area contributed by atoms with Gasteiger partial charge in [0, 0.05) is 18.4 Å². The number of carbonyl (C=O) groups is 1. The van der Waals surface area contributed by atoms with Crippen molar-refractivity contribution in [1.82, 2.24) is 4.90 Å². The SMILES string of the molecule is O=C1/C(=C/N2CCCc3ccccc32)SC(=S)N1Cc1ccco1. The predicted molar refractivity (Wildman–Crippen MR) is 99.6 cm³/mol. The Bertz CT molecular complexity index is 814. The van der Waals surface area contributed by atoms with Crippen LogP contribution in [0, 0.1) is 0 Å². The lowest BCUT2D eigenvalue weighted by Crippen LogP contribution is -2.28. The fourth-order valence-electron chi connectivity index (χ4n) is 3.02. The Hall–Kier alpha value is -2.05. The highest BCUT2D eigenvalue weighted by Crippen LogP contribution is 2.35. The third-order valence-corrected chi connectivity index (χ3v) is 5.55. The molecule has 2 aliphatic rings. The number of furan rings is 1. The van der Waals surface area contributed by atoms with E-state index in [4.69, 9.17) is 16.6 Å². The van der Waals surface area contributed by atoms with Gasteiger partial charge in [0.1, 0.15) is 10.1 Å². The minimum absolute atomic E-state index is 0.0514. The van der Waals surface area contributed by atoms with Gasteiger partial charge >= 0.3 is 0 Å². The first-order valence-corrected chi connectivity index (χ1v) is 9.07. The van der Waals surface area contributed by atoms with E-state index < -0.39 is 0 Å². The molecule has 1 saturated heterocycles. The van der Waals surface area contributed by atoms with Crippen molar-refractivity contribution in [2.45, 2.75) is 19.4 Å². The molecule has 1 amide bonds. The standard InChI is InChI=1S/C18H16N2O2S2/c21-17-16(24-18(23)20(17)11-14-7-4-10-22-14)12-19-9-3-6-13-5-1-2-8-15(13)19/h1-2,4-5,7-8,10,12H,3,6,9,11H2/b16-12-. The first kappa shape index (κ1) is 15.5. The highest BCUT2D eigenvalue weighted by atomic mass is 32.2. The Labute approximate surface area is 150 Å². The maximum absolute atomic E-state index is 12.7. The maximum Gasteiger partial charge on any atom is 0.268 e. The lowest BCUT2D eigenvalue weighted by atomic mass is 10.0. The zero-order chi connectivity index (χ0) is 16.5. The monoisotopic (exact) mass is 356 g/mol. The van der Waals surface area contributed by atoms with Crippen molar-refractivity contribution in [2.75, 3.05) is 11.4 Å². The van der Waals surface area contributed by atoms with Crippen molar-refractivity contribution in [1.29, 1.82) is 0 Å². The number of para-hydroxylation sites is 1. The lowest BCUT2D eigenvalue weighted by molar-refractivity contribution is -0.122. The van der Waals surface area contributed by atoms with Gasteiger partial charge in [-0.2, -0.15) is 0 Å². The molecule has 2 aliphatic heterocycles. The van der Waals surface area contributed by atoms with E-state index in [9.17, 15) is 4.79 Å². The van der Waals surface area contributed by atoms with E-state index in [1.807, 2.05) is 24.4 Å². The molecule has 0 bridgehead atoms. The normalized spacial score (nSPS) is 19.2. The van der Waals surface area contributed by atoms with Crippen LogP contribution in [0.2, 0.25) is 0 Å². The van der Waals surface area contributed by atoms with Crippen LogP contribution in [-0.4, -0.2) is 21.7 Å². The molecule has 1 aromatic carbocycles. The number of aryl methyl sites for hydroxylation is 1. The fourth-order valence-corrected chi connectivity index (χ4v) is 4.26. The van der Waals surface area contributed by atoms with Crippen LogP contribution < -0.4 is 4.90 Å². The summed E-state index contributed by atoms with van der Waals surface area (Å²) in [6.07, 6.45) is 5.72. The number of hydrogen-bond acceptors (Lipinski definition) is 5. The molecule has 3 heterocycles. The lowest BCUT2D eigenvalue weighted by Gasteiger charge is -2.28. The highest BCUT2D eigenvalue weighted by molar-refractivity contribution is 8.26. The third-order valence-electron chi connectivity index (χ3n) is 4.19. The van der Waals surface area contributed by atoms with Crippen molar-refractivity contribution < 1.29 is 9.21 Å². The van der Waals surface area contributed by atoms with Crippen LogP contribution in [0.15, 0.2) is 58.2 Å². The van der Waals surface area contributed by atoms with E-state index >= 15 is 0 Å². The summed E-state index contributed by atoms with van der Waals surface area (Å²) in [5.41, 5.74) is 2.51. The molecular formula is C18H16N2O2S2. The minimum Gasteiger partial charge on any atom is -0.467 e. The molecule has 4 rings (SSSR count). The number of benzene rings is 1. The Morgan fingerprint density at radius 2 is 2.12 bits per heavy atom. The summed E-state index contributed by atoms with van der Waals surface area (Å²) in [6, 6.07) is 12.0. The summed E-state index contributed by atoms with van der Waals surface area (Å²) in [6.45, 7) is 1.30. The van der Waals surface area contributed by atoms with E-state index in [2.05, 4.69) is 23.1 Å². The number of thiocarbonyl (C=S) groups is 1. The van der Waals surface area contributed by atoms with E-state index in [0.29, 0.717) is 15.8 Å². The molecule has 6 heteroatoms. The van der Waals surface area contributed by atoms with Gasteiger partial charge in [-0.05, 0) is 36.6 Å². The quantitative estimate of drug-likeness (QED) is 0.615. The molecule has 0 radical (unpaired) electrons. The number of hydrogen-bond donors (Lipinski definition) is 0. The molecule has 24 heavy (non-hydrogen) atoms. The van der Waals surface area contributed by atoms with Crippen molar-refractivity contribution in [3.63, 3.8) is 0 Å². The van der Waals surface area contributed by atoms with Crippen molar-refractivity contribution in [2.24, 2.45) is 0 Å². The van der Waals surface area contributed by atoms with E-state index in [0.717, 1.165) is 25.1 Å². The summed E-state index contributed by atoms with van der Waals surface area (Å²) < 4.78 is 5.91. The molecule has 4 nitrogen and oxygen atoms in total. The van der Waals surface area contributed by atoms with Crippen LogP contribution in [0.3, 0.4) is 0 Å². The average Bonchev–Trinajstić information content (AvgIpc) is 3.20. The summed E-state index contributed by atoms with van der Waals surface area (Å²) in [5.74, 6) is 0.681. The molecule has 0 aliphatic carbocycles. The number of amides is 1. The average molecular weight is 356 g/mol. The molecule has 0 saturated carbocycles. The summed E-state index contributed by atoms with van der Waals surface area (Å²) in [5, 5.41) is 0. The van der Waals surface area contributed by atoms with Crippen LogP contribution in [-0.2, 0) is 17.8 Å². The van der Waals surface area contributed by atoms with Crippen LogP contribution >= 0.6 is 24.0 Å². The van der Waals surface area contributed by atoms with Gasteiger partial charge in [0.05, 0.1) is 17.7 Å². The Balaban J connectivity index is 1.58. The summed E-state index contributed by atoms with van der Waals surface area (Å²) in [7, 11) is 0. The number of thioether (sulfide) groups is 1. The van der Waals surface area contributed by atoms with Crippen molar-refractivity contribution in [3.8, 4) is 0 Å². The number of anilines is 1. The predicted octanol–water partition coefficient (Wildman–Crippen LogP) is 3.93. The van der Waals surface area contributed by atoms with Gasteiger partial charge in [-0.15, -0.1) is 0 Å². The van der Waals surface area contributed by atoms with Gasteiger partial charge in [-0.1, -0.05) is 42.2 Å². The first-order valence-electron chi connectivity index (χ1n) is 7.85. The van der Waals surface area contributed by atoms with Gasteiger partial charge in [0.15, 0.2) is 0 Å². The highest BCUT2D eigenvalue weighted by Gasteiger charge is 2.33.